The highest BCUT2D eigenvalue weighted by Crippen LogP contribution is 2.45. The van der Waals surface area contributed by atoms with Gasteiger partial charge in [0, 0.05) is 17.5 Å². The van der Waals surface area contributed by atoms with E-state index in [1.165, 1.54) is 18.2 Å². The van der Waals surface area contributed by atoms with Crippen molar-refractivity contribution in [2.75, 3.05) is 7.05 Å². The summed E-state index contributed by atoms with van der Waals surface area (Å²) in [5, 5.41) is 3.80. The Balaban J connectivity index is 1.91. The molecule has 124 valence electrons. The molecule has 1 fully saturated rings. The fraction of sp³-hybridized carbons (Fsp3) is 0.263. The molecule has 1 aliphatic rings. The van der Waals surface area contributed by atoms with Crippen molar-refractivity contribution in [3.05, 3.63) is 59.4 Å². The molecule has 0 bridgehead atoms. The number of rotatable bonds is 3. The minimum atomic E-state index is -0.607. The van der Waals surface area contributed by atoms with E-state index >= 15 is 0 Å². The maximum atomic E-state index is 14.2. The minimum absolute atomic E-state index is 0.220. The normalized spacial score (nSPS) is 20.3. The van der Waals surface area contributed by atoms with Crippen molar-refractivity contribution in [3.63, 3.8) is 0 Å². The van der Waals surface area contributed by atoms with Gasteiger partial charge in [-0.3, -0.25) is 0 Å². The molecule has 2 N–H and O–H groups in total. The third-order valence-corrected chi connectivity index (χ3v) is 4.95. The number of nitrogens with one attached hydrogen (secondary N) is 2. The molecule has 2 aromatic carbocycles. The van der Waals surface area contributed by atoms with E-state index in [9.17, 15) is 13.2 Å². The number of aromatic nitrogens is 1. The van der Waals surface area contributed by atoms with Crippen LogP contribution < -0.4 is 5.32 Å². The molecule has 0 atom stereocenters. The quantitative estimate of drug-likeness (QED) is 0.715. The summed E-state index contributed by atoms with van der Waals surface area (Å²) >= 11 is 0. The highest BCUT2D eigenvalue weighted by atomic mass is 19.1. The summed E-state index contributed by atoms with van der Waals surface area (Å²) in [5.74, 6) is -1.30. The maximum Gasteiger partial charge on any atom is 0.150 e. The summed E-state index contributed by atoms with van der Waals surface area (Å²) in [6.07, 6.45) is 1.82. The van der Waals surface area contributed by atoms with Gasteiger partial charge in [-0.15, -0.1) is 0 Å². The Morgan fingerprint density at radius 2 is 1.71 bits per heavy atom. The van der Waals surface area contributed by atoms with Gasteiger partial charge in [0.1, 0.15) is 17.5 Å². The zero-order chi connectivity index (χ0) is 16.8. The maximum absolute atomic E-state index is 14.2. The van der Waals surface area contributed by atoms with E-state index < -0.39 is 11.6 Å². The molecule has 0 amide bonds. The Morgan fingerprint density at radius 3 is 2.38 bits per heavy atom. The van der Waals surface area contributed by atoms with E-state index in [4.69, 9.17) is 0 Å². The highest BCUT2D eigenvalue weighted by Gasteiger charge is 2.33. The third kappa shape index (κ3) is 2.40. The van der Waals surface area contributed by atoms with Crippen molar-refractivity contribution >= 4 is 10.9 Å². The Hall–Kier alpha value is -2.27. The molecule has 4 rings (SSSR count). The molecule has 2 nitrogen and oxygen atoms in total. The lowest BCUT2D eigenvalue weighted by Crippen LogP contribution is -2.37. The second-order valence-electron chi connectivity index (χ2n) is 6.38. The summed E-state index contributed by atoms with van der Waals surface area (Å²) in [4.78, 5) is 3.09. The molecule has 0 spiro atoms. The summed E-state index contributed by atoms with van der Waals surface area (Å²) in [7, 11) is 1.91. The summed E-state index contributed by atoms with van der Waals surface area (Å²) in [6.45, 7) is 0. The van der Waals surface area contributed by atoms with Crippen molar-refractivity contribution in [1.29, 1.82) is 0 Å². The van der Waals surface area contributed by atoms with Crippen LogP contribution in [-0.2, 0) is 0 Å². The summed E-state index contributed by atoms with van der Waals surface area (Å²) in [6, 6.07) is 8.74. The van der Waals surface area contributed by atoms with E-state index in [1.54, 1.807) is 12.1 Å². The van der Waals surface area contributed by atoms with Gasteiger partial charge in [-0.2, -0.15) is 0 Å². The Kier molecular flexibility index (Phi) is 3.61. The second-order valence-corrected chi connectivity index (χ2v) is 6.38. The molecule has 1 aromatic heterocycles. The first-order chi connectivity index (χ1) is 11.6. The van der Waals surface area contributed by atoms with E-state index in [-0.39, 0.29) is 11.7 Å². The monoisotopic (exact) mass is 330 g/mol. The Bertz CT molecular complexity index is 893. The summed E-state index contributed by atoms with van der Waals surface area (Å²) < 4.78 is 41.2. The van der Waals surface area contributed by atoms with Crippen LogP contribution in [0.5, 0.6) is 0 Å². The second kappa shape index (κ2) is 5.67. The number of fused-ring (bicyclic) bond motifs is 1. The molecule has 1 aliphatic carbocycles. The fourth-order valence-electron chi connectivity index (χ4n) is 3.60. The van der Waals surface area contributed by atoms with Crippen LogP contribution in [0.4, 0.5) is 13.2 Å². The smallest absolute Gasteiger partial charge is 0.150 e. The van der Waals surface area contributed by atoms with Gasteiger partial charge in [-0.25, -0.2) is 13.2 Å². The SMILES string of the molecule is CN[C@H]1C[C@@H](c2c(-c3ccc(F)cc3)[nH]c3c(F)cc(F)cc32)C1. The molecule has 1 heterocycles. The van der Waals surface area contributed by atoms with Crippen LogP contribution in [0.3, 0.4) is 0 Å². The molecular weight excluding hydrogens is 313 g/mol. The average molecular weight is 330 g/mol. The number of benzene rings is 2. The Morgan fingerprint density at radius 1 is 1.00 bits per heavy atom. The minimum Gasteiger partial charge on any atom is -0.352 e. The number of halogens is 3. The van der Waals surface area contributed by atoms with Gasteiger partial charge in [0.25, 0.3) is 0 Å². The lowest BCUT2D eigenvalue weighted by Gasteiger charge is -2.35. The number of aromatic amines is 1. The standard InChI is InChI=1S/C19H17F3N2/c1-23-14-6-11(7-14)17-15-8-13(21)9-16(22)19(15)24-18(17)10-2-4-12(20)5-3-10/h2-5,8-9,11,14,23-24H,6-7H2,1H3/t11-,14+. The van der Waals surface area contributed by atoms with Gasteiger partial charge in [-0.05, 0) is 67.3 Å². The van der Waals surface area contributed by atoms with Gasteiger partial charge in [0.2, 0.25) is 0 Å². The van der Waals surface area contributed by atoms with E-state index in [2.05, 4.69) is 10.3 Å². The molecule has 0 radical (unpaired) electrons. The van der Waals surface area contributed by atoms with Gasteiger partial charge in [0.05, 0.1) is 11.2 Å². The average Bonchev–Trinajstić information content (AvgIpc) is 2.87. The number of H-pyrrole nitrogens is 1. The van der Waals surface area contributed by atoms with Crippen LogP contribution in [0.2, 0.25) is 0 Å². The molecule has 0 saturated heterocycles. The molecule has 24 heavy (non-hydrogen) atoms. The van der Waals surface area contributed by atoms with Crippen LogP contribution in [0, 0.1) is 17.5 Å². The van der Waals surface area contributed by atoms with E-state index in [1.807, 2.05) is 7.05 Å². The van der Waals surface area contributed by atoms with Crippen molar-refractivity contribution in [1.82, 2.24) is 10.3 Å². The third-order valence-electron chi connectivity index (χ3n) is 4.95. The first-order valence-electron chi connectivity index (χ1n) is 8.00. The van der Waals surface area contributed by atoms with Crippen LogP contribution in [-0.4, -0.2) is 18.1 Å². The molecule has 1 saturated carbocycles. The van der Waals surface area contributed by atoms with Gasteiger partial charge < -0.3 is 10.3 Å². The number of hydrogen-bond donors (Lipinski definition) is 2. The summed E-state index contributed by atoms with van der Waals surface area (Å²) in [5.41, 5.74) is 2.74. The van der Waals surface area contributed by atoms with E-state index in [0.29, 0.717) is 16.9 Å². The largest absolute Gasteiger partial charge is 0.352 e. The molecule has 5 heteroatoms. The van der Waals surface area contributed by atoms with Crippen molar-refractivity contribution in [3.8, 4) is 11.3 Å². The Labute approximate surface area is 137 Å². The topological polar surface area (TPSA) is 27.8 Å². The van der Waals surface area contributed by atoms with Crippen LogP contribution >= 0.6 is 0 Å². The molecular formula is C19H17F3N2. The first kappa shape index (κ1) is 15.3. The lowest BCUT2D eigenvalue weighted by molar-refractivity contribution is 0.309. The number of hydrogen-bond acceptors (Lipinski definition) is 1. The zero-order valence-electron chi connectivity index (χ0n) is 13.2. The highest BCUT2D eigenvalue weighted by molar-refractivity contribution is 5.92. The van der Waals surface area contributed by atoms with Crippen LogP contribution in [0.15, 0.2) is 36.4 Å². The molecule has 3 aromatic rings. The predicted molar refractivity (Wildman–Crippen MR) is 88.4 cm³/mol. The fourth-order valence-corrected chi connectivity index (χ4v) is 3.60. The van der Waals surface area contributed by atoms with Crippen molar-refractivity contribution < 1.29 is 13.2 Å². The van der Waals surface area contributed by atoms with Crippen molar-refractivity contribution in [2.45, 2.75) is 24.8 Å². The predicted octanol–water partition coefficient (Wildman–Crippen LogP) is 4.72. The molecule has 0 aliphatic heterocycles. The van der Waals surface area contributed by atoms with Crippen LogP contribution in [0.25, 0.3) is 22.2 Å². The molecule has 0 unspecified atom stereocenters. The van der Waals surface area contributed by atoms with Gasteiger partial charge >= 0.3 is 0 Å². The lowest BCUT2D eigenvalue weighted by atomic mass is 9.74. The van der Waals surface area contributed by atoms with Crippen molar-refractivity contribution in [2.24, 2.45) is 0 Å². The first-order valence-corrected chi connectivity index (χ1v) is 8.00. The van der Waals surface area contributed by atoms with Gasteiger partial charge in [-0.1, -0.05) is 0 Å². The zero-order valence-corrected chi connectivity index (χ0v) is 13.2. The van der Waals surface area contributed by atoms with Crippen LogP contribution in [0.1, 0.15) is 24.3 Å². The van der Waals surface area contributed by atoms with Gasteiger partial charge in [0.15, 0.2) is 0 Å². The van der Waals surface area contributed by atoms with E-state index in [0.717, 1.165) is 35.7 Å².